The average molecular weight is 304 g/mol. The van der Waals surface area contributed by atoms with E-state index < -0.39 is 0 Å². The molecule has 0 radical (unpaired) electrons. The third kappa shape index (κ3) is 4.95. The molecule has 1 amide bonds. The van der Waals surface area contributed by atoms with Crippen molar-refractivity contribution in [1.82, 2.24) is 20.3 Å². The van der Waals surface area contributed by atoms with Crippen LogP contribution in [-0.4, -0.2) is 20.9 Å². The second-order valence-corrected chi connectivity index (χ2v) is 6.54. The molecule has 0 aliphatic carbocycles. The van der Waals surface area contributed by atoms with Crippen molar-refractivity contribution in [2.75, 3.05) is 0 Å². The van der Waals surface area contributed by atoms with Crippen LogP contribution in [0, 0.1) is 11.2 Å². The Morgan fingerprint density at radius 3 is 2.55 bits per heavy atom. The first-order chi connectivity index (χ1) is 10.3. The number of nitrogens with zero attached hydrogens (tertiary/aromatic N) is 3. The van der Waals surface area contributed by atoms with Gasteiger partial charge in [0, 0.05) is 6.20 Å². The minimum atomic E-state index is -0.285. The molecular weight excluding hydrogens is 283 g/mol. The van der Waals surface area contributed by atoms with Gasteiger partial charge in [0.2, 0.25) is 5.91 Å². The minimum absolute atomic E-state index is 0.0274. The van der Waals surface area contributed by atoms with Crippen molar-refractivity contribution in [3.05, 3.63) is 48.0 Å². The van der Waals surface area contributed by atoms with E-state index in [1.807, 2.05) is 0 Å². The summed E-state index contributed by atoms with van der Waals surface area (Å²) in [5.41, 5.74) is 0.919. The van der Waals surface area contributed by atoms with Crippen molar-refractivity contribution >= 4 is 5.91 Å². The number of amides is 1. The fourth-order valence-electron chi connectivity index (χ4n) is 2.26. The molecule has 0 aliphatic heterocycles. The van der Waals surface area contributed by atoms with Crippen LogP contribution in [0.2, 0.25) is 0 Å². The molecule has 2 aromatic rings. The average Bonchev–Trinajstić information content (AvgIpc) is 2.90. The van der Waals surface area contributed by atoms with E-state index in [1.54, 1.807) is 18.3 Å². The van der Waals surface area contributed by atoms with Gasteiger partial charge in [-0.2, -0.15) is 0 Å². The summed E-state index contributed by atoms with van der Waals surface area (Å²) >= 11 is 0. The summed E-state index contributed by atoms with van der Waals surface area (Å²) in [6.45, 7) is 6.43. The van der Waals surface area contributed by atoms with Crippen molar-refractivity contribution in [2.24, 2.45) is 5.41 Å². The molecule has 0 fully saturated rings. The van der Waals surface area contributed by atoms with E-state index in [1.165, 1.54) is 23.0 Å². The van der Waals surface area contributed by atoms with Gasteiger partial charge in [-0.3, -0.25) is 4.79 Å². The molecule has 1 N–H and O–H groups in total. The quantitative estimate of drug-likeness (QED) is 0.924. The first-order valence-electron chi connectivity index (χ1n) is 7.22. The van der Waals surface area contributed by atoms with Crippen LogP contribution < -0.4 is 5.32 Å². The van der Waals surface area contributed by atoms with Gasteiger partial charge in [-0.1, -0.05) is 38.1 Å². The molecule has 0 bridgehead atoms. The Kier molecular flexibility index (Phi) is 4.90. The fraction of sp³-hybridized carbons (Fsp3) is 0.438. The molecule has 0 unspecified atom stereocenters. The van der Waals surface area contributed by atoms with Crippen molar-refractivity contribution in [3.63, 3.8) is 0 Å². The Balaban J connectivity index is 2.10. The molecule has 1 aromatic heterocycles. The predicted molar refractivity (Wildman–Crippen MR) is 81.4 cm³/mol. The lowest BCUT2D eigenvalue weighted by Gasteiger charge is -2.27. The summed E-state index contributed by atoms with van der Waals surface area (Å²) in [4.78, 5) is 12.2. The molecule has 5 nitrogen and oxygen atoms in total. The van der Waals surface area contributed by atoms with E-state index in [0.717, 1.165) is 12.0 Å². The zero-order valence-electron chi connectivity index (χ0n) is 13.1. The van der Waals surface area contributed by atoms with Crippen molar-refractivity contribution in [3.8, 4) is 0 Å². The van der Waals surface area contributed by atoms with E-state index >= 15 is 0 Å². The van der Waals surface area contributed by atoms with Gasteiger partial charge in [0.15, 0.2) is 0 Å². The molecule has 1 heterocycles. The third-order valence-corrected chi connectivity index (χ3v) is 3.20. The molecule has 0 saturated heterocycles. The molecule has 22 heavy (non-hydrogen) atoms. The highest BCUT2D eigenvalue weighted by Crippen LogP contribution is 2.29. The Morgan fingerprint density at radius 1 is 1.32 bits per heavy atom. The van der Waals surface area contributed by atoms with E-state index in [2.05, 4.69) is 36.4 Å². The molecule has 0 spiro atoms. The SMILES string of the molecule is CC(C)(C)C[C@@H](NC(=O)Cn1ccnn1)c1ccc(F)cc1. The number of hydrogen-bond acceptors (Lipinski definition) is 3. The minimum Gasteiger partial charge on any atom is -0.348 e. The largest absolute Gasteiger partial charge is 0.348 e. The Bertz CT molecular complexity index is 602. The van der Waals surface area contributed by atoms with Crippen LogP contribution in [-0.2, 0) is 11.3 Å². The van der Waals surface area contributed by atoms with Gasteiger partial charge >= 0.3 is 0 Å². The van der Waals surface area contributed by atoms with Gasteiger partial charge in [0.05, 0.1) is 12.2 Å². The number of carbonyl (C=O) groups is 1. The van der Waals surface area contributed by atoms with Gasteiger partial charge in [-0.05, 0) is 29.5 Å². The number of nitrogens with one attached hydrogen (secondary N) is 1. The maximum Gasteiger partial charge on any atom is 0.242 e. The summed E-state index contributed by atoms with van der Waals surface area (Å²) in [6.07, 6.45) is 3.91. The number of halogens is 1. The topological polar surface area (TPSA) is 59.8 Å². The maximum absolute atomic E-state index is 13.1. The zero-order valence-corrected chi connectivity index (χ0v) is 13.1. The maximum atomic E-state index is 13.1. The summed E-state index contributed by atoms with van der Waals surface area (Å²) in [5.74, 6) is -0.434. The highest BCUT2D eigenvalue weighted by Gasteiger charge is 2.22. The van der Waals surface area contributed by atoms with Crippen molar-refractivity contribution < 1.29 is 9.18 Å². The van der Waals surface area contributed by atoms with Crippen LogP contribution >= 0.6 is 0 Å². The molecule has 1 aromatic carbocycles. The highest BCUT2D eigenvalue weighted by molar-refractivity contribution is 5.76. The first kappa shape index (κ1) is 16.1. The monoisotopic (exact) mass is 304 g/mol. The smallest absolute Gasteiger partial charge is 0.242 e. The van der Waals surface area contributed by atoms with E-state index in [0.29, 0.717) is 0 Å². The van der Waals surface area contributed by atoms with Crippen LogP contribution in [0.15, 0.2) is 36.7 Å². The number of rotatable bonds is 5. The van der Waals surface area contributed by atoms with Crippen LogP contribution in [0.25, 0.3) is 0 Å². The lowest BCUT2D eigenvalue weighted by molar-refractivity contribution is -0.122. The van der Waals surface area contributed by atoms with Gasteiger partial charge in [-0.15, -0.1) is 5.10 Å². The molecule has 0 aliphatic rings. The van der Waals surface area contributed by atoms with Gasteiger partial charge in [-0.25, -0.2) is 9.07 Å². The Hall–Kier alpha value is -2.24. The highest BCUT2D eigenvalue weighted by atomic mass is 19.1. The Morgan fingerprint density at radius 2 is 2.00 bits per heavy atom. The summed E-state index contributed by atoms with van der Waals surface area (Å²) in [5, 5.41) is 10.4. The number of aromatic nitrogens is 3. The standard InChI is InChI=1S/C16H21FN4O/c1-16(2,3)10-14(12-4-6-13(17)7-5-12)19-15(22)11-21-9-8-18-20-21/h4-9,14H,10-11H2,1-3H3,(H,19,22)/t14-/m1/s1. The predicted octanol–water partition coefficient (Wildman–Crippen LogP) is 2.71. The molecule has 6 heteroatoms. The fourth-order valence-corrected chi connectivity index (χ4v) is 2.26. The van der Waals surface area contributed by atoms with Crippen LogP contribution in [0.3, 0.4) is 0 Å². The van der Waals surface area contributed by atoms with E-state index in [4.69, 9.17) is 0 Å². The van der Waals surface area contributed by atoms with Gasteiger partial charge in [0.1, 0.15) is 12.4 Å². The summed E-state index contributed by atoms with van der Waals surface area (Å²) < 4.78 is 14.6. The molecular formula is C16H21FN4O. The van der Waals surface area contributed by atoms with E-state index in [-0.39, 0.29) is 29.7 Å². The van der Waals surface area contributed by atoms with Crippen LogP contribution in [0.1, 0.15) is 38.8 Å². The molecule has 2 rings (SSSR count). The number of benzene rings is 1. The number of carbonyl (C=O) groups excluding carboxylic acids is 1. The van der Waals surface area contributed by atoms with Gasteiger partial charge in [0.25, 0.3) is 0 Å². The van der Waals surface area contributed by atoms with Crippen molar-refractivity contribution in [1.29, 1.82) is 0 Å². The second-order valence-electron chi connectivity index (χ2n) is 6.54. The van der Waals surface area contributed by atoms with Crippen molar-refractivity contribution in [2.45, 2.75) is 39.8 Å². The zero-order chi connectivity index (χ0) is 16.2. The van der Waals surface area contributed by atoms with Gasteiger partial charge < -0.3 is 5.32 Å². The van der Waals surface area contributed by atoms with Crippen LogP contribution in [0.5, 0.6) is 0 Å². The van der Waals surface area contributed by atoms with E-state index in [9.17, 15) is 9.18 Å². The Labute approximate surface area is 129 Å². The third-order valence-electron chi connectivity index (χ3n) is 3.20. The number of hydrogen-bond donors (Lipinski definition) is 1. The molecule has 0 saturated carbocycles. The first-order valence-corrected chi connectivity index (χ1v) is 7.22. The summed E-state index contributed by atoms with van der Waals surface area (Å²) in [7, 11) is 0. The summed E-state index contributed by atoms with van der Waals surface area (Å²) in [6, 6.07) is 6.07. The lowest BCUT2D eigenvalue weighted by Crippen LogP contribution is -2.33. The molecule has 1 atom stereocenters. The normalized spacial score (nSPS) is 12.9. The van der Waals surface area contributed by atoms with Crippen LogP contribution in [0.4, 0.5) is 4.39 Å². The molecule has 118 valence electrons. The lowest BCUT2D eigenvalue weighted by atomic mass is 9.85. The second kappa shape index (κ2) is 6.68.